The van der Waals surface area contributed by atoms with Gasteiger partial charge in [-0.25, -0.2) is 18.6 Å². The Hall–Kier alpha value is -3.88. The fraction of sp³-hybridized carbons (Fsp3) is 0.273. The zero-order valence-electron chi connectivity index (χ0n) is 22.6. The topological polar surface area (TPSA) is 73.7 Å². The van der Waals surface area contributed by atoms with E-state index in [0.717, 1.165) is 47.2 Å². The smallest absolute Gasteiger partial charge is 0.334 e. The third-order valence-corrected chi connectivity index (χ3v) is 9.34. The lowest BCUT2D eigenvalue weighted by atomic mass is 9.77. The number of carboxylic acids is 1. The minimum absolute atomic E-state index is 0.110. The lowest BCUT2D eigenvalue weighted by Crippen LogP contribution is -2.36. The van der Waals surface area contributed by atoms with E-state index in [1.165, 1.54) is 35.6 Å². The third-order valence-electron chi connectivity index (χ3n) is 8.20. The van der Waals surface area contributed by atoms with E-state index in [9.17, 15) is 23.8 Å². The van der Waals surface area contributed by atoms with Gasteiger partial charge in [0.25, 0.3) is 0 Å². The molecular weight excluding hydrogens is 542 g/mol. The van der Waals surface area contributed by atoms with Crippen molar-refractivity contribution < 1.29 is 23.8 Å². The molecule has 41 heavy (non-hydrogen) atoms. The van der Waals surface area contributed by atoms with Crippen LogP contribution in [0.4, 0.5) is 8.78 Å². The molecule has 1 aliphatic carbocycles. The van der Waals surface area contributed by atoms with Crippen molar-refractivity contribution in [2.24, 2.45) is 5.92 Å². The number of aliphatic carboxylic acids is 1. The number of para-hydroxylation sites is 1. The van der Waals surface area contributed by atoms with Crippen LogP contribution in [0.15, 0.2) is 89.6 Å². The highest BCUT2D eigenvalue weighted by Crippen LogP contribution is 2.51. The Bertz CT molecular complexity index is 1620. The van der Waals surface area contributed by atoms with Gasteiger partial charge in [0.15, 0.2) is 0 Å². The second-order valence-electron chi connectivity index (χ2n) is 10.8. The maximum absolute atomic E-state index is 14.1. The third kappa shape index (κ3) is 5.18. The van der Waals surface area contributed by atoms with Gasteiger partial charge in [0.05, 0.1) is 21.8 Å². The standard InChI is InChI=1S/C33H30F2N2O3S/c1-37-30(20-6-2-3-7-20)24(18-26(38)32-36-25-8-4-5-9-27(25)41-32)28(19-10-14-22(34)15-11-19)29(33(39)40)31(37)21-12-16-23(35)17-13-21/h4-5,8-17,20,26,31,38H,2-3,6-7,18H2,1H3,(H,39,40). The Labute approximate surface area is 241 Å². The van der Waals surface area contributed by atoms with Crippen LogP contribution in [-0.2, 0) is 4.79 Å². The van der Waals surface area contributed by atoms with Crippen LogP contribution in [0.5, 0.6) is 0 Å². The summed E-state index contributed by atoms with van der Waals surface area (Å²) >= 11 is 1.42. The van der Waals surface area contributed by atoms with E-state index in [0.29, 0.717) is 21.7 Å². The highest BCUT2D eigenvalue weighted by molar-refractivity contribution is 7.18. The number of carboxylic acid groups (broad SMARTS) is 1. The lowest BCUT2D eigenvalue weighted by molar-refractivity contribution is -0.133. The second-order valence-corrected chi connectivity index (χ2v) is 11.8. The molecular formula is C33H30F2N2O3S. The van der Waals surface area contributed by atoms with Crippen molar-refractivity contribution >= 4 is 33.1 Å². The average molecular weight is 573 g/mol. The first-order valence-corrected chi connectivity index (χ1v) is 14.6. The number of fused-ring (bicyclic) bond motifs is 1. The zero-order valence-corrected chi connectivity index (χ0v) is 23.4. The molecule has 2 unspecified atom stereocenters. The molecule has 2 atom stereocenters. The maximum Gasteiger partial charge on any atom is 0.334 e. The number of allylic oxidation sites excluding steroid dienone is 2. The van der Waals surface area contributed by atoms with Crippen molar-refractivity contribution in [1.29, 1.82) is 0 Å². The summed E-state index contributed by atoms with van der Waals surface area (Å²) < 4.78 is 29.0. The number of aliphatic hydroxyl groups is 1. The van der Waals surface area contributed by atoms with E-state index >= 15 is 0 Å². The van der Waals surface area contributed by atoms with E-state index in [4.69, 9.17) is 0 Å². The summed E-state index contributed by atoms with van der Waals surface area (Å²) in [6.45, 7) is 0. The predicted molar refractivity (Wildman–Crippen MR) is 156 cm³/mol. The molecule has 1 fully saturated rings. The van der Waals surface area contributed by atoms with Crippen LogP contribution < -0.4 is 0 Å². The molecule has 8 heteroatoms. The number of benzene rings is 3. The van der Waals surface area contributed by atoms with Crippen LogP contribution in [0.2, 0.25) is 0 Å². The Balaban J connectivity index is 1.58. The Morgan fingerprint density at radius 2 is 1.63 bits per heavy atom. The van der Waals surface area contributed by atoms with Gasteiger partial charge in [-0.05, 0) is 77.4 Å². The molecule has 0 radical (unpaired) electrons. The number of hydrogen-bond acceptors (Lipinski definition) is 5. The predicted octanol–water partition coefficient (Wildman–Crippen LogP) is 7.67. The van der Waals surface area contributed by atoms with Crippen molar-refractivity contribution in [3.63, 3.8) is 0 Å². The number of aliphatic hydroxyl groups excluding tert-OH is 1. The molecule has 0 bridgehead atoms. The number of halogens is 2. The summed E-state index contributed by atoms with van der Waals surface area (Å²) in [4.78, 5) is 19.8. The molecule has 2 N–H and O–H groups in total. The average Bonchev–Trinajstić information content (AvgIpc) is 3.65. The van der Waals surface area contributed by atoms with Crippen LogP contribution in [0.3, 0.4) is 0 Å². The van der Waals surface area contributed by atoms with E-state index in [1.807, 2.05) is 36.2 Å². The van der Waals surface area contributed by atoms with E-state index in [1.54, 1.807) is 24.3 Å². The summed E-state index contributed by atoms with van der Waals surface area (Å²) in [5.74, 6) is -1.79. The monoisotopic (exact) mass is 572 g/mol. The molecule has 1 saturated carbocycles. The molecule has 1 aliphatic heterocycles. The van der Waals surface area contributed by atoms with Crippen LogP contribution in [-0.4, -0.2) is 33.1 Å². The van der Waals surface area contributed by atoms with E-state index in [2.05, 4.69) is 4.98 Å². The Kier molecular flexibility index (Phi) is 7.45. The fourth-order valence-electron chi connectivity index (χ4n) is 6.43. The summed E-state index contributed by atoms with van der Waals surface area (Å²) in [5.41, 5.74) is 4.30. The van der Waals surface area contributed by atoms with Gasteiger partial charge in [0.2, 0.25) is 0 Å². The van der Waals surface area contributed by atoms with Gasteiger partial charge in [0, 0.05) is 19.2 Å². The molecule has 5 nitrogen and oxygen atoms in total. The highest BCUT2D eigenvalue weighted by Gasteiger charge is 2.41. The van der Waals surface area contributed by atoms with Gasteiger partial charge in [0.1, 0.15) is 22.7 Å². The van der Waals surface area contributed by atoms with Crippen molar-refractivity contribution in [2.75, 3.05) is 7.05 Å². The van der Waals surface area contributed by atoms with E-state index < -0.39 is 29.7 Å². The molecule has 0 amide bonds. The summed E-state index contributed by atoms with van der Waals surface area (Å²) in [6, 6.07) is 18.7. The first-order chi connectivity index (χ1) is 19.8. The number of aromatic nitrogens is 1. The number of carbonyl (C=O) groups is 1. The Morgan fingerprint density at radius 1 is 1.00 bits per heavy atom. The van der Waals surface area contributed by atoms with Crippen LogP contribution in [0.1, 0.15) is 60.4 Å². The molecule has 2 aliphatic rings. The largest absolute Gasteiger partial charge is 0.478 e. The molecule has 2 heterocycles. The van der Waals surface area contributed by atoms with Crippen LogP contribution in [0.25, 0.3) is 15.8 Å². The normalized spacial score (nSPS) is 18.9. The number of nitrogens with zero attached hydrogens (tertiary/aromatic N) is 2. The minimum Gasteiger partial charge on any atom is -0.478 e. The van der Waals surface area contributed by atoms with Crippen LogP contribution >= 0.6 is 11.3 Å². The first kappa shape index (κ1) is 27.3. The van der Waals surface area contributed by atoms with Crippen molar-refractivity contribution in [3.05, 3.63) is 117 Å². The molecule has 210 valence electrons. The number of thiazole rings is 1. The molecule has 0 saturated heterocycles. The van der Waals surface area contributed by atoms with Gasteiger partial charge in [-0.3, -0.25) is 0 Å². The summed E-state index contributed by atoms with van der Waals surface area (Å²) in [5, 5.41) is 22.9. The molecule has 1 aromatic heterocycles. The number of rotatable bonds is 7. The van der Waals surface area contributed by atoms with Crippen molar-refractivity contribution in [1.82, 2.24) is 9.88 Å². The zero-order chi connectivity index (χ0) is 28.7. The minimum atomic E-state index is -1.12. The number of hydrogen-bond donors (Lipinski definition) is 2. The Morgan fingerprint density at radius 3 is 2.27 bits per heavy atom. The van der Waals surface area contributed by atoms with Gasteiger partial charge >= 0.3 is 5.97 Å². The van der Waals surface area contributed by atoms with Crippen molar-refractivity contribution in [2.45, 2.75) is 44.2 Å². The molecule has 4 aromatic rings. The van der Waals surface area contributed by atoms with Gasteiger partial charge in [-0.15, -0.1) is 11.3 Å². The van der Waals surface area contributed by atoms with Crippen LogP contribution in [0, 0.1) is 17.6 Å². The number of likely N-dealkylation sites (N-methyl/N-ethyl adjacent to an activating group) is 1. The van der Waals surface area contributed by atoms with Gasteiger partial charge in [-0.1, -0.05) is 49.2 Å². The van der Waals surface area contributed by atoms with Gasteiger partial charge < -0.3 is 15.1 Å². The summed E-state index contributed by atoms with van der Waals surface area (Å²) in [7, 11) is 1.89. The summed E-state index contributed by atoms with van der Waals surface area (Å²) in [6.07, 6.45) is 3.16. The molecule has 6 rings (SSSR count). The molecule has 3 aromatic carbocycles. The SMILES string of the molecule is CN1C(C2CCCC2)=C(CC(O)c2nc3ccccc3s2)C(c2ccc(F)cc2)=C(C(=O)O)C1c1ccc(F)cc1. The molecule has 0 spiro atoms. The lowest BCUT2D eigenvalue weighted by Gasteiger charge is -2.43. The van der Waals surface area contributed by atoms with Crippen molar-refractivity contribution in [3.8, 4) is 0 Å². The highest BCUT2D eigenvalue weighted by atomic mass is 32.1. The first-order valence-electron chi connectivity index (χ1n) is 13.8. The van der Waals surface area contributed by atoms with E-state index in [-0.39, 0.29) is 17.9 Å². The second kappa shape index (κ2) is 11.2. The maximum atomic E-state index is 14.1. The quantitative estimate of drug-likeness (QED) is 0.238. The fourth-order valence-corrected chi connectivity index (χ4v) is 7.39. The van der Waals surface area contributed by atoms with Gasteiger partial charge in [-0.2, -0.15) is 0 Å².